The van der Waals surface area contributed by atoms with Gasteiger partial charge >= 0.3 is 0 Å². The van der Waals surface area contributed by atoms with Crippen molar-refractivity contribution in [3.8, 4) is 0 Å². The number of benzene rings is 1. The zero-order valence-corrected chi connectivity index (χ0v) is 12.1. The Bertz CT molecular complexity index is 632. The highest BCUT2D eigenvalue weighted by Gasteiger charge is 2.17. The number of hydrogen-bond donors (Lipinski definition) is 2. The minimum Gasteiger partial charge on any atom is -0.378 e. The molecule has 6 nitrogen and oxygen atoms in total. The van der Waals surface area contributed by atoms with Crippen molar-refractivity contribution in [2.24, 2.45) is 0 Å². The highest BCUT2D eigenvalue weighted by molar-refractivity contribution is 5.93. The summed E-state index contributed by atoms with van der Waals surface area (Å²) in [4.78, 5) is 12.1. The molecule has 1 unspecified atom stereocenters. The molecule has 0 aliphatic carbocycles. The van der Waals surface area contributed by atoms with Crippen molar-refractivity contribution < 1.29 is 9.53 Å². The van der Waals surface area contributed by atoms with E-state index in [1.54, 1.807) is 0 Å². The van der Waals surface area contributed by atoms with Gasteiger partial charge < -0.3 is 15.4 Å². The highest BCUT2D eigenvalue weighted by atomic mass is 16.5. The summed E-state index contributed by atoms with van der Waals surface area (Å²) in [7, 11) is 0. The SMILES string of the molecule is CCn1ncc2ccc(NC(=O)CC3COCCN3)cc21. The first-order valence-electron chi connectivity index (χ1n) is 7.33. The third kappa shape index (κ3) is 3.22. The lowest BCUT2D eigenvalue weighted by molar-refractivity contribution is -0.117. The van der Waals surface area contributed by atoms with Crippen molar-refractivity contribution in [1.29, 1.82) is 0 Å². The van der Waals surface area contributed by atoms with Crippen LogP contribution in [0.3, 0.4) is 0 Å². The van der Waals surface area contributed by atoms with Crippen LogP contribution in [0.4, 0.5) is 5.69 Å². The van der Waals surface area contributed by atoms with Gasteiger partial charge in [-0.1, -0.05) is 0 Å². The minimum absolute atomic E-state index is 0.0000798. The Kier molecular flexibility index (Phi) is 4.17. The number of morpholine rings is 1. The molecule has 1 amide bonds. The number of nitrogens with zero attached hydrogens (tertiary/aromatic N) is 2. The predicted octanol–water partition coefficient (Wildman–Crippen LogP) is 1.37. The molecular formula is C15H20N4O2. The largest absolute Gasteiger partial charge is 0.378 e. The molecule has 112 valence electrons. The number of carbonyl (C=O) groups is 1. The van der Waals surface area contributed by atoms with Crippen LogP contribution in [-0.4, -0.2) is 41.5 Å². The average Bonchev–Trinajstić information content (AvgIpc) is 2.90. The number of aryl methyl sites for hydroxylation is 1. The minimum atomic E-state index is -0.0000798. The smallest absolute Gasteiger partial charge is 0.226 e. The summed E-state index contributed by atoms with van der Waals surface area (Å²) >= 11 is 0. The fraction of sp³-hybridized carbons (Fsp3) is 0.467. The second-order valence-electron chi connectivity index (χ2n) is 5.21. The molecule has 2 aromatic rings. The van der Waals surface area contributed by atoms with E-state index in [0.29, 0.717) is 13.0 Å². The van der Waals surface area contributed by atoms with E-state index in [2.05, 4.69) is 15.7 Å². The fourth-order valence-corrected chi connectivity index (χ4v) is 2.59. The summed E-state index contributed by atoms with van der Waals surface area (Å²) in [6.07, 6.45) is 2.26. The summed E-state index contributed by atoms with van der Waals surface area (Å²) < 4.78 is 7.27. The van der Waals surface area contributed by atoms with Gasteiger partial charge in [0.05, 0.1) is 24.9 Å². The lowest BCUT2D eigenvalue weighted by atomic mass is 10.2. The van der Waals surface area contributed by atoms with E-state index in [1.165, 1.54) is 0 Å². The molecule has 1 aromatic carbocycles. The summed E-state index contributed by atoms with van der Waals surface area (Å²) in [6, 6.07) is 5.96. The Balaban J connectivity index is 1.67. The van der Waals surface area contributed by atoms with Gasteiger partial charge in [-0.05, 0) is 25.1 Å². The Labute approximate surface area is 123 Å². The third-order valence-electron chi connectivity index (χ3n) is 3.66. The van der Waals surface area contributed by atoms with Gasteiger partial charge in [0.15, 0.2) is 0 Å². The molecule has 0 bridgehead atoms. The van der Waals surface area contributed by atoms with E-state index in [9.17, 15) is 4.79 Å². The monoisotopic (exact) mass is 288 g/mol. The second kappa shape index (κ2) is 6.24. The zero-order chi connectivity index (χ0) is 14.7. The Morgan fingerprint density at radius 2 is 2.48 bits per heavy atom. The predicted molar refractivity (Wildman–Crippen MR) is 81.3 cm³/mol. The number of carbonyl (C=O) groups excluding carboxylic acids is 1. The van der Waals surface area contributed by atoms with Gasteiger partial charge in [0.25, 0.3) is 0 Å². The Morgan fingerprint density at radius 3 is 3.24 bits per heavy atom. The maximum Gasteiger partial charge on any atom is 0.226 e. The molecule has 1 aliphatic rings. The first-order chi connectivity index (χ1) is 10.3. The van der Waals surface area contributed by atoms with Gasteiger partial charge in [0.1, 0.15) is 0 Å². The molecule has 0 radical (unpaired) electrons. The molecular weight excluding hydrogens is 268 g/mol. The summed E-state index contributed by atoms with van der Waals surface area (Å²) in [5.41, 5.74) is 1.84. The second-order valence-corrected chi connectivity index (χ2v) is 5.21. The van der Waals surface area contributed by atoms with E-state index >= 15 is 0 Å². The van der Waals surface area contributed by atoms with Crippen LogP contribution in [0.25, 0.3) is 10.9 Å². The van der Waals surface area contributed by atoms with E-state index in [-0.39, 0.29) is 11.9 Å². The van der Waals surface area contributed by atoms with Gasteiger partial charge in [-0.15, -0.1) is 0 Å². The number of hydrogen-bond acceptors (Lipinski definition) is 4. The van der Waals surface area contributed by atoms with E-state index in [4.69, 9.17) is 4.74 Å². The summed E-state index contributed by atoms with van der Waals surface area (Å²) in [5.74, 6) is -0.0000798. The lowest BCUT2D eigenvalue weighted by Gasteiger charge is -2.23. The van der Waals surface area contributed by atoms with Crippen molar-refractivity contribution in [2.45, 2.75) is 25.9 Å². The van der Waals surface area contributed by atoms with Crippen LogP contribution in [0, 0.1) is 0 Å². The molecule has 21 heavy (non-hydrogen) atoms. The Morgan fingerprint density at radius 1 is 1.57 bits per heavy atom. The van der Waals surface area contributed by atoms with Crippen LogP contribution in [0.5, 0.6) is 0 Å². The van der Waals surface area contributed by atoms with Crippen LogP contribution in [-0.2, 0) is 16.1 Å². The van der Waals surface area contributed by atoms with Crippen LogP contribution < -0.4 is 10.6 Å². The number of ether oxygens (including phenoxy) is 1. The van der Waals surface area contributed by atoms with Crippen molar-refractivity contribution in [2.75, 3.05) is 25.1 Å². The lowest BCUT2D eigenvalue weighted by Crippen LogP contribution is -2.43. The maximum atomic E-state index is 12.1. The number of aromatic nitrogens is 2. The topological polar surface area (TPSA) is 68.2 Å². The zero-order valence-electron chi connectivity index (χ0n) is 12.1. The highest BCUT2D eigenvalue weighted by Crippen LogP contribution is 2.19. The number of rotatable bonds is 4. The third-order valence-corrected chi connectivity index (χ3v) is 3.66. The molecule has 6 heteroatoms. The molecule has 1 aliphatic heterocycles. The van der Waals surface area contributed by atoms with E-state index < -0.39 is 0 Å². The van der Waals surface area contributed by atoms with Gasteiger partial charge in [-0.2, -0.15) is 5.10 Å². The van der Waals surface area contributed by atoms with Crippen molar-refractivity contribution in [3.05, 3.63) is 24.4 Å². The van der Waals surface area contributed by atoms with Crippen LogP contribution in [0.2, 0.25) is 0 Å². The summed E-state index contributed by atoms with van der Waals surface area (Å²) in [6.45, 7) is 4.97. The molecule has 1 aromatic heterocycles. The number of amides is 1. The Hall–Kier alpha value is -1.92. The van der Waals surface area contributed by atoms with Gasteiger partial charge in [-0.3, -0.25) is 9.48 Å². The first kappa shape index (κ1) is 14.0. The van der Waals surface area contributed by atoms with E-state index in [1.807, 2.05) is 36.0 Å². The fourth-order valence-electron chi connectivity index (χ4n) is 2.59. The van der Waals surface area contributed by atoms with Gasteiger partial charge in [0, 0.05) is 36.6 Å². The van der Waals surface area contributed by atoms with Gasteiger partial charge in [-0.25, -0.2) is 0 Å². The molecule has 2 heterocycles. The maximum absolute atomic E-state index is 12.1. The van der Waals surface area contributed by atoms with Crippen LogP contribution in [0.1, 0.15) is 13.3 Å². The van der Waals surface area contributed by atoms with Crippen LogP contribution in [0.15, 0.2) is 24.4 Å². The van der Waals surface area contributed by atoms with Crippen LogP contribution >= 0.6 is 0 Å². The molecule has 1 atom stereocenters. The molecule has 2 N–H and O–H groups in total. The molecule has 0 saturated carbocycles. The number of fused-ring (bicyclic) bond motifs is 1. The average molecular weight is 288 g/mol. The summed E-state index contributed by atoms with van der Waals surface area (Å²) in [5, 5.41) is 11.6. The molecule has 0 spiro atoms. The van der Waals surface area contributed by atoms with Gasteiger partial charge in [0.2, 0.25) is 5.91 Å². The quantitative estimate of drug-likeness (QED) is 0.891. The molecule has 1 saturated heterocycles. The normalized spacial score (nSPS) is 18.8. The van der Waals surface area contributed by atoms with Crippen molar-refractivity contribution in [1.82, 2.24) is 15.1 Å². The van der Waals surface area contributed by atoms with Crippen molar-refractivity contribution >= 4 is 22.5 Å². The number of anilines is 1. The first-order valence-corrected chi connectivity index (χ1v) is 7.33. The standard InChI is InChI=1S/C15H20N4O2/c1-2-19-14-7-12(4-3-11(14)9-17-19)18-15(20)8-13-10-21-6-5-16-13/h3-4,7,9,13,16H,2,5-6,8,10H2,1H3,(H,18,20). The molecule has 3 rings (SSSR count). The number of nitrogens with one attached hydrogen (secondary N) is 2. The van der Waals surface area contributed by atoms with Crippen molar-refractivity contribution in [3.63, 3.8) is 0 Å². The van der Waals surface area contributed by atoms with E-state index in [0.717, 1.165) is 36.3 Å². The molecule has 1 fully saturated rings.